The number of amides is 4. The summed E-state index contributed by atoms with van der Waals surface area (Å²) in [5.74, 6) is 1.92. The first kappa shape index (κ1) is 49.5. The van der Waals surface area contributed by atoms with Gasteiger partial charge in [-0.3, -0.25) is 38.3 Å². The van der Waals surface area contributed by atoms with E-state index in [0.29, 0.717) is 52.7 Å². The first-order valence-electron chi connectivity index (χ1n) is 24.2. The SMILES string of the molecule is CN1CC(=O)N2[C@H](c3ccc4c(c3)OCO4)c3[nH]c4ccccc4c3C[C@@H]2C1=O.CN1CC(=O)N2[C@H](c3ccc4c(c3)OCO4)c3c(c4ccccc4n3C(=O)c3cccnc3)C[C@@H]2C1=O.O=C(Cl)c1ccc[nH+]c1.[Cl-]. The number of halogens is 2. The first-order chi connectivity index (χ1) is 36.4. The van der Waals surface area contributed by atoms with Crippen molar-refractivity contribution in [1.82, 2.24) is 34.1 Å². The van der Waals surface area contributed by atoms with Crippen LogP contribution >= 0.6 is 11.6 Å². The van der Waals surface area contributed by atoms with Gasteiger partial charge in [-0.2, -0.15) is 0 Å². The molecule has 10 heterocycles. The zero-order valence-electron chi connectivity index (χ0n) is 40.8. The minimum atomic E-state index is -0.679. The lowest BCUT2D eigenvalue weighted by Gasteiger charge is -2.46. The van der Waals surface area contributed by atoms with Crippen LogP contribution in [0.25, 0.3) is 21.8 Å². The molecule has 6 aliphatic rings. The van der Waals surface area contributed by atoms with Crippen LogP contribution < -0.4 is 36.3 Å². The Morgan fingerprint density at radius 1 is 0.658 bits per heavy atom. The number of ether oxygens (including phenoxy) is 4. The second-order valence-corrected chi connectivity index (χ2v) is 19.2. The van der Waals surface area contributed by atoms with Gasteiger partial charge in [0, 0.05) is 67.4 Å². The summed E-state index contributed by atoms with van der Waals surface area (Å²) >= 11 is 5.14. The number of carbonyl (C=O) groups excluding carboxylic acids is 6. The summed E-state index contributed by atoms with van der Waals surface area (Å²) < 4.78 is 23.8. The number of rotatable bonds is 4. The number of benzene rings is 4. The molecular weight excluding hydrogens is 1020 g/mol. The van der Waals surface area contributed by atoms with Gasteiger partial charge < -0.3 is 55.9 Å². The van der Waals surface area contributed by atoms with Gasteiger partial charge in [0.1, 0.15) is 12.1 Å². The number of fused-ring (bicyclic) bond motifs is 10. The average molecular weight is 1060 g/mol. The third kappa shape index (κ3) is 8.39. The molecule has 384 valence electrons. The van der Waals surface area contributed by atoms with E-state index in [2.05, 4.69) is 21.0 Å². The van der Waals surface area contributed by atoms with E-state index in [9.17, 15) is 28.8 Å². The van der Waals surface area contributed by atoms with E-state index >= 15 is 0 Å². The van der Waals surface area contributed by atoms with E-state index in [1.807, 2.05) is 72.8 Å². The van der Waals surface area contributed by atoms with E-state index in [1.54, 1.807) is 77.4 Å². The summed E-state index contributed by atoms with van der Waals surface area (Å²) in [6.45, 7) is 0.368. The fourth-order valence-electron chi connectivity index (χ4n) is 11.2. The second kappa shape index (κ2) is 19.8. The number of H-pyrrole nitrogens is 2. The van der Waals surface area contributed by atoms with Crippen LogP contribution in [0.5, 0.6) is 23.0 Å². The van der Waals surface area contributed by atoms with E-state index in [4.69, 9.17) is 30.5 Å². The fourth-order valence-corrected chi connectivity index (χ4v) is 11.3. The third-order valence-electron chi connectivity index (χ3n) is 14.5. The standard InChI is InChI=1S/C28H22N4O5.C22H19N3O4.C6H4ClNO.ClH/c1-30-14-24(33)31-21(28(30)35)12-19-18-6-2-3-7-20(18)32(27(34)17-5-4-10-29-13-17)26(19)25(31)16-8-9-22-23(11-16)37-15-36-22;1-24-10-19(26)25-16(22(24)27)9-14-13-4-2-3-5-15(13)23-20(14)21(25)12-6-7-17-18(8-12)29-11-28-17;7-6(9)5-2-1-3-8-4-5;/h2-11,13,21,25H,12,14-15H2,1H3;2-8,16,21,23H,9-11H2,1H3;1-4H;1H/t21-,25-;16-,21-;;/m11../s1. The number of hydrogen-bond acceptors (Lipinski definition) is 11. The Morgan fingerprint density at radius 3 is 1.84 bits per heavy atom. The van der Waals surface area contributed by atoms with Crippen LogP contribution in [0.4, 0.5) is 0 Å². The van der Waals surface area contributed by atoms with Gasteiger partial charge in [0.2, 0.25) is 37.2 Å². The van der Waals surface area contributed by atoms with Crippen LogP contribution in [0.3, 0.4) is 0 Å². The fraction of sp³-hybridized carbons (Fsp3) is 0.214. The number of likely N-dealkylation sites (N-methyl/N-ethyl adjacent to an activating group) is 2. The number of carbonyl (C=O) groups is 6. The molecule has 2 saturated heterocycles. The highest BCUT2D eigenvalue weighted by atomic mass is 35.5. The molecule has 0 aliphatic carbocycles. The number of pyridine rings is 2. The van der Waals surface area contributed by atoms with Crippen molar-refractivity contribution in [2.24, 2.45) is 0 Å². The maximum absolute atomic E-state index is 14.0. The maximum atomic E-state index is 14.0. The summed E-state index contributed by atoms with van der Waals surface area (Å²) in [5, 5.41) is 1.54. The first-order valence-corrected chi connectivity index (χ1v) is 24.6. The summed E-state index contributed by atoms with van der Waals surface area (Å²) in [6, 6.07) is 31.5. The number of nitrogens with zero attached hydrogens (tertiary/aromatic N) is 6. The Balaban J connectivity index is 0.000000140. The molecule has 4 atom stereocenters. The topological polar surface area (TPSA) is 200 Å². The number of hydrogen-bond donors (Lipinski definition) is 1. The van der Waals surface area contributed by atoms with Crippen molar-refractivity contribution in [1.29, 1.82) is 0 Å². The Morgan fingerprint density at radius 2 is 1.24 bits per heavy atom. The van der Waals surface area contributed by atoms with Gasteiger partial charge in [-0.15, -0.1) is 0 Å². The molecule has 14 rings (SSSR count). The van der Waals surface area contributed by atoms with Crippen molar-refractivity contribution in [2.45, 2.75) is 37.0 Å². The molecule has 0 bridgehead atoms. The van der Waals surface area contributed by atoms with E-state index in [1.165, 1.54) is 16.0 Å². The lowest BCUT2D eigenvalue weighted by Crippen LogP contribution is -3.00. The highest BCUT2D eigenvalue weighted by Crippen LogP contribution is 2.48. The molecule has 0 radical (unpaired) electrons. The average Bonchev–Trinajstić information content (AvgIpc) is 4.31. The van der Waals surface area contributed by atoms with Crippen molar-refractivity contribution < 1.29 is 65.1 Å². The van der Waals surface area contributed by atoms with Crippen molar-refractivity contribution in [2.75, 3.05) is 40.8 Å². The highest BCUT2D eigenvalue weighted by molar-refractivity contribution is 6.67. The Bertz CT molecular complexity index is 3660. The quantitative estimate of drug-likeness (QED) is 0.254. The molecular formula is C56H46Cl2N8O10. The lowest BCUT2D eigenvalue weighted by atomic mass is 9.86. The van der Waals surface area contributed by atoms with Gasteiger partial charge in [-0.1, -0.05) is 48.5 Å². The van der Waals surface area contributed by atoms with Gasteiger partial charge in [0.15, 0.2) is 35.4 Å². The van der Waals surface area contributed by atoms with Crippen molar-refractivity contribution in [3.63, 3.8) is 0 Å². The molecule has 0 unspecified atom stereocenters. The smallest absolute Gasteiger partial charge is 0.264 e. The Labute approximate surface area is 445 Å². The number of aromatic amines is 2. The number of para-hydroxylation sites is 2. The van der Waals surface area contributed by atoms with Crippen molar-refractivity contribution in [3.05, 3.63) is 179 Å². The Hall–Kier alpha value is -8.74. The zero-order valence-corrected chi connectivity index (χ0v) is 42.3. The second-order valence-electron chi connectivity index (χ2n) is 18.9. The van der Waals surface area contributed by atoms with Crippen LogP contribution in [0.2, 0.25) is 0 Å². The lowest BCUT2D eigenvalue weighted by molar-refractivity contribution is -0.378. The maximum Gasteiger partial charge on any atom is 0.264 e. The number of piperazine rings is 2. The minimum absolute atomic E-state index is 0. The molecule has 2 fully saturated rings. The molecule has 0 saturated carbocycles. The van der Waals surface area contributed by atoms with Gasteiger partial charge in [-0.25, -0.2) is 4.98 Å². The number of aromatic nitrogens is 4. The third-order valence-corrected chi connectivity index (χ3v) is 14.8. The molecule has 76 heavy (non-hydrogen) atoms. The highest BCUT2D eigenvalue weighted by Gasteiger charge is 2.50. The molecule has 4 amide bonds. The molecule has 0 spiro atoms. The summed E-state index contributed by atoms with van der Waals surface area (Å²) in [4.78, 5) is 94.2. The zero-order chi connectivity index (χ0) is 51.6. The minimum Gasteiger partial charge on any atom is -1.00 e. The van der Waals surface area contributed by atoms with Crippen LogP contribution in [0, 0.1) is 0 Å². The largest absolute Gasteiger partial charge is 1.00 e. The predicted octanol–water partition coefficient (Wildman–Crippen LogP) is 2.86. The Kier molecular flexibility index (Phi) is 12.9. The van der Waals surface area contributed by atoms with Gasteiger partial charge in [0.05, 0.1) is 47.5 Å². The van der Waals surface area contributed by atoms with Crippen LogP contribution in [0.15, 0.2) is 134 Å². The van der Waals surface area contributed by atoms with Gasteiger partial charge in [0.25, 0.3) is 11.1 Å². The monoisotopic (exact) mass is 1060 g/mol. The predicted molar refractivity (Wildman–Crippen MR) is 270 cm³/mol. The van der Waals surface area contributed by atoms with Crippen LogP contribution in [-0.2, 0) is 32.0 Å². The summed E-state index contributed by atoms with van der Waals surface area (Å²) in [6.07, 6.45) is 7.25. The van der Waals surface area contributed by atoms with Crippen LogP contribution in [-0.4, -0.2) is 122 Å². The summed E-state index contributed by atoms with van der Waals surface area (Å²) in [7, 11) is 3.34. The number of nitrogens with one attached hydrogen (secondary N) is 2. The van der Waals surface area contributed by atoms with Gasteiger partial charge >= 0.3 is 0 Å². The molecule has 4 aromatic carbocycles. The molecule has 18 nitrogen and oxygen atoms in total. The van der Waals surface area contributed by atoms with Crippen molar-refractivity contribution in [3.8, 4) is 23.0 Å². The molecule has 20 heteroatoms. The van der Waals surface area contributed by atoms with E-state index in [0.717, 1.165) is 49.8 Å². The van der Waals surface area contributed by atoms with E-state index in [-0.39, 0.29) is 74.7 Å². The normalized spacial score (nSPS) is 19.6. The van der Waals surface area contributed by atoms with Crippen LogP contribution in [0.1, 0.15) is 66.4 Å². The molecule has 6 aliphatic heterocycles. The molecule has 4 aromatic heterocycles. The molecule has 8 aromatic rings. The summed E-state index contributed by atoms with van der Waals surface area (Å²) in [5.41, 5.74) is 7.91. The molecule has 2 N–H and O–H groups in total. The van der Waals surface area contributed by atoms with E-state index < -0.39 is 23.4 Å². The van der Waals surface area contributed by atoms with Gasteiger partial charge in [-0.05, 0) is 88.5 Å². The van der Waals surface area contributed by atoms with Crippen molar-refractivity contribution >= 4 is 68.2 Å².